The Morgan fingerprint density at radius 2 is 2.11 bits per heavy atom. The normalized spacial score (nSPS) is 17.8. The van der Waals surface area contributed by atoms with Crippen LogP contribution in [0.15, 0.2) is 22.7 Å². The third-order valence-corrected chi connectivity index (χ3v) is 4.02. The summed E-state index contributed by atoms with van der Waals surface area (Å²) in [5.41, 5.74) is 8.55. The van der Waals surface area contributed by atoms with Crippen molar-refractivity contribution in [2.45, 2.75) is 25.8 Å². The van der Waals surface area contributed by atoms with Gasteiger partial charge in [-0.2, -0.15) is 0 Å². The van der Waals surface area contributed by atoms with Gasteiger partial charge in [0, 0.05) is 23.6 Å². The number of nitrogens with zero attached hydrogens (tertiary/aromatic N) is 1. The van der Waals surface area contributed by atoms with E-state index in [0.717, 1.165) is 43.6 Å². The maximum Gasteiger partial charge on any atom is 0.0642 e. The Kier molecular flexibility index (Phi) is 5.03. The van der Waals surface area contributed by atoms with E-state index in [1.54, 1.807) is 0 Å². The van der Waals surface area contributed by atoms with Crippen LogP contribution in [0.2, 0.25) is 0 Å². The van der Waals surface area contributed by atoms with Gasteiger partial charge < -0.3 is 15.4 Å². The fourth-order valence-corrected chi connectivity index (χ4v) is 2.86. The molecule has 1 aromatic carbocycles. The van der Waals surface area contributed by atoms with Crippen LogP contribution in [0.4, 0.5) is 5.69 Å². The molecule has 2 N–H and O–H groups in total. The standard InChI is InChI=1S/C14H21BrN2O/c1-2-12(16)9-11-3-4-14(13(15)10-11)17-5-7-18-8-6-17/h3-4,10,12H,2,5-9,16H2,1H3. The van der Waals surface area contributed by atoms with Crippen LogP contribution in [-0.4, -0.2) is 32.3 Å². The molecule has 1 fully saturated rings. The summed E-state index contributed by atoms with van der Waals surface area (Å²) in [5.74, 6) is 0. The first-order chi connectivity index (χ1) is 8.70. The molecule has 3 nitrogen and oxygen atoms in total. The van der Waals surface area contributed by atoms with E-state index in [0.29, 0.717) is 0 Å². The van der Waals surface area contributed by atoms with Gasteiger partial charge in [-0.3, -0.25) is 0 Å². The molecule has 0 spiro atoms. The van der Waals surface area contributed by atoms with Crippen LogP contribution in [0.3, 0.4) is 0 Å². The fraction of sp³-hybridized carbons (Fsp3) is 0.571. The molecule has 1 atom stereocenters. The van der Waals surface area contributed by atoms with Gasteiger partial charge in [0.25, 0.3) is 0 Å². The summed E-state index contributed by atoms with van der Waals surface area (Å²) in [4.78, 5) is 2.36. The lowest BCUT2D eigenvalue weighted by atomic mass is 10.0. The summed E-state index contributed by atoms with van der Waals surface area (Å²) >= 11 is 3.67. The first-order valence-electron chi connectivity index (χ1n) is 6.57. The number of ether oxygens (including phenoxy) is 1. The van der Waals surface area contributed by atoms with Gasteiger partial charge in [0.15, 0.2) is 0 Å². The van der Waals surface area contributed by atoms with E-state index in [2.05, 4.69) is 46.0 Å². The number of rotatable bonds is 4. The monoisotopic (exact) mass is 312 g/mol. The van der Waals surface area contributed by atoms with Crippen molar-refractivity contribution in [2.24, 2.45) is 5.73 Å². The minimum atomic E-state index is 0.256. The van der Waals surface area contributed by atoms with Crippen LogP contribution in [0.25, 0.3) is 0 Å². The fourth-order valence-electron chi connectivity index (χ4n) is 2.19. The number of hydrogen-bond donors (Lipinski definition) is 1. The van der Waals surface area contributed by atoms with Gasteiger partial charge in [0.2, 0.25) is 0 Å². The molecule has 1 aliphatic heterocycles. The minimum Gasteiger partial charge on any atom is -0.378 e. The van der Waals surface area contributed by atoms with E-state index >= 15 is 0 Å². The van der Waals surface area contributed by atoms with Crippen molar-refractivity contribution in [3.05, 3.63) is 28.2 Å². The highest BCUT2D eigenvalue weighted by molar-refractivity contribution is 9.10. The Hall–Kier alpha value is -0.580. The Balaban J connectivity index is 2.09. The summed E-state index contributed by atoms with van der Waals surface area (Å²) in [6.07, 6.45) is 1.96. The number of nitrogens with two attached hydrogens (primary N) is 1. The third kappa shape index (κ3) is 3.46. The summed E-state index contributed by atoms with van der Waals surface area (Å²) in [5, 5.41) is 0. The van der Waals surface area contributed by atoms with Gasteiger partial charge in [0.1, 0.15) is 0 Å². The molecular formula is C14H21BrN2O. The van der Waals surface area contributed by atoms with Gasteiger partial charge in [-0.25, -0.2) is 0 Å². The van der Waals surface area contributed by atoms with E-state index in [1.165, 1.54) is 11.3 Å². The van der Waals surface area contributed by atoms with Crippen LogP contribution in [0.5, 0.6) is 0 Å². The lowest BCUT2D eigenvalue weighted by Gasteiger charge is -2.30. The predicted molar refractivity (Wildman–Crippen MR) is 79.1 cm³/mol. The zero-order chi connectivity index (χ0) is 13.0. The average molecular weight is 313 g/mol. The molecule has 1 aliphatic rings. The average Bonchev–Trinajstić information content (AvgIpc) is 2.40. The van der Waals surface area contributed by atoms with Crippen LogP contribution < -0.4 is 10.6 Å². The molecule has 4 heteroatoms. The van der Waals surface area contributed by atoms with Gasteiger partial charge in [-0.15, -0.1) is 0 Å². The van der Waals surface area contributed by atoms with Crippen molar-refractivity contribution in [3.63, 3.8) is 0 Å². The first kappa shape index (κ1) is 13.8. The third-order valence-electron chi connectivity index (χ3n) is 3.39. The van der Waals surface area contributed by atoms with Crippen LogP contribution in [0.1, 0.15) is 18.9 Å². The molecule has 0 bridgehead atoms. The SMILES string of the molecule is CCC(N)Cc1ccc(N2CCOCC2)c(Br)c1. The molecule has 0 aromatic heterocycles. The quantitative estimate of drug-likeness (QED) is 0.928. The van der Waals surface area contributed by atoms with Gasteiger partial charge in [-0.05, 0) is 46.5 Å². The van der Waals surface area contributed by atoms with E-state index in [9.17, 15) is 0 Å². The Bertz CT molecular complexity index is 391. The second-order valence-corrected chi connectivity index (χ2v) is 5.61. The highest BCUT2D eigenvalue weighted by atomic mass is 79.9. The largest absolute Gasteiger partial charge is 0.378 e. The minimum absolute atomic E-state index is 0.256. The van der Waals surface area contributed by atoms with E-state index < -0.39 is 0 Å². The molecule has 1 aromatic rings. The molecule has 2 rings (SSSR count). The molecule has 100 valence electrons. The zero-order valence-corrected chi connectivity index (χ0v) is 12.4. The van der Waals surface area contributed by atoms with Crippen molar-refractivity contribution < 1.29 is 4.74 Å². The van der Waals surface area contributed by atoms with E-state index in [-0.39, 0.29) is 6.04 Å². The molecule has 1 saturated heterocycles. The topological polar surface area (TPSA) is 38.5 Å². The summed E-state index contributed by atoms with van der Waals surface area (Å²) < 4.78 is 6.54. The highest BCUT2D eigenvalue weighted by Gasteiger charge is 2.14. The van der Waals surface area contributed by atoms with Gasteiger partial charge in [0.05, 0.1) is 18.9 Å². The molecule has 0 aliphatic carbocycles. The molecular weight excluding hydrogens is 292 g/mol. The van der Waals surface area contributed by atoms with Crippen LogP contribution in [0, 0.1) is 0 Å². The smallest absolute Gasteiger partial charge is 0.0642 e. The van der Waals surface area contributed by atoms with Gasteiger partial charge in [-0.1, -0.05) is 13.0 Å². The molecule has 18 heavy (non-hydrogen) atoms. The summed E-state index contributed by atoms with van der Waals surface area (Å²) in [6.45, 7) is 5.68. The number of anilines is 1. The molecule has 0 radical (unpaired) electrons. The predicted octanol–water partition coefficient (Wildman–Crippen LogP) is 2.57. The number of benzene rings is 1. The second kappa shape index (κ2) is 6.55. The Labute approximate surface area is 117 Å². The first-order valence-corrected chi connectivity index (χ1v) is 7.36. The van der Waals surface area contributed by atoms with Crippen molar-refractivity contribution >= 4 is 21.6 Å². The molecule has 0 saturated carbocycles. The van der Waals surface area contributed by atoms with Crippen LogP contribution in [-0.2, 0) is 11.2 Å². The van der Waals surface area contributed by atoms with Crippen molar-refractivity contribution in [1.29, 1.82) is 0 Å². The maximum absolute atomic E-state index is 5.99. The lowest BCUT2D eigenvalue weighted by Crippen LogP contribution is -2.36. The van der Waals surface area contributed by atoms with Crippen molar-refractivity contribution in [2.75, 3.05) is 31.2 Å². The Morgan fingerprint density at radius 1 is 1.39 bits per heavy atom. The molecule has 1 heterocycles. The van der Waals surface area contributed by atoms with Crippen molar-refractivity contribution in [3.8, 4) is 0 Å². The summed E-state index contributed by atoms with van der Waals surface area (Å²) in [7, 11) is 0. The lowest BCUT2D eigenvalue weighted by molar-refractivity contribution is 0.122. The van der Waals surface area contributed by atoms with E-state index in [1.807, 2.05) is 0 Å². The zero-order valence-electron chi connectivity index (χ0n) is 10.9. The van der Waals surface area contributed by atoms with E-state index in [4.69, 9.17) is 10.5 Å². The van der Waals surface area contributed by atoms with Gasteiger partial charge >= 0.3 is 0 Å². The Morgan fingerprint density at radius 3 is 2.72 bits per heavy atom. The summed E-state index contributed by atoms with van der Waals surface area (Å²) in [6, 6.07) is 6.82. The number of halogens is 1. The second-order valence-electron chi connectivity index (χ2n) is 4.76. The number of hydrogen-bond acceptors (Lipinski definition) is 3. The molecule has 0 amide bonds. The molecule has 1 unspecified atom stereocenters. The van der Waals surface area contributed by atoms with Crippen LogP contribution >= 0.6 is 15.9 Å². The highest BCUT2D eigenvalue weighted by Crippen LogP contribution is 2.28. The van der Waals surface area contributed by atoms with Crippen molar-refractivity contribution in [1.82, 2.24) is 0 Å². The maximum atomic E-state index is 5.99. The number of morpholine rings is 1.